The summed E-state index contributed by atoms with van der Waals surface area (Å²) in [6.07, 6.45) is 1.14. The van der Waals surface area contributed by atoms with Gasteiger partial charge >= 0.3 is 0 Å². The number of benzene rings is 1. The summed E-state index contributed by atoms with van der Waals surface area (Å²) >= 11 is 0. The Morgan fingerprint density at radius 3 is 2.50 bits per heavy atom. The van der Waals surface area contributed by atoms with Crippen LogP contribution >= 0.6 is 0 Å². The maximum atomic E-state index is 11.6. The molecule has 0 spiro atoms. The van der Waals surface area contributed by atoms with E-state index in [0.29, 0.717) is 11.4 Å². The van der Waals surface area contributed by atoms with E-state index in [4.69, 9.17) is 10.5 Å². The van der Waals surface area contributed by atoms with Gasteiger partial charge in [-0.15, -0.1) is 0 Å². The van der Waals surface area contributed by atoms with Crippen LogP contribution in [0.4, 0.5) is 5.69 Å². The fourth-order valence-corrected chi connectivity index (χ4v) is 1.58. The topological polar surface area (TPSA) is 98.5 Å². The zero-order valence-corrected chi connectivity index (χ0v) is 12.7. The molecule has 112 valence electrons. The molecule has 0 aliphatic rings. The van der Waals surface area contributed by atoms with E-state index in [9.17, 15) is 13.2 Å². The molecule has 1 aromatic carbocycles. The molecule has 1 amide bonds. The minimum Gasteiger partial charge on any atom is -0.482 e. The van der Waals surface area contributed by atoms with Crippen LogP contribution in [-0.2, 0) is 14.6 Å². The molecule has 20 heavy (non-hydrogen) atoms. The lowest BCUT2D eigenvalue weighted by Gasteiger charge is -2.22. The van der Waals surface area contributed by atoms with Crippen molar-refractivity contribution < 1.29 is 17.9 Å². The number of para-hydroxylation sites is 2. The van der Waals surface area contributed by atoms with Gasteiger partial charge in [0.05, 0.1) is 10.4 Å². The number of nitrogens with two attached hydrogens (primary N) is 1. The third-order valence-corrected chi connectivity index (χ3v) is 5.14. The molecule has 0 radical (unpaired) electrons. The predicted octanol–water partition coefficient (Wildman–Crippen LogP) is 0.587. The highest BCUT2D eigenvalue weighted by Gasteiger charge is 2.30. The van der Waals surface area contributed by atoms with Crippen molar-refractivity contribution in [2.75, 3.05) is 25.1 Å². The molecular weight excluding hydrogens is 280 g/mol. The minimum atomic E-state index is -3.25. The van der Waals surface area contributed by atoms with Gasteiger partial charge in [0.25, 0.3) is 5.91 Å². The Bertz CT molecular complexity index is 582. The van der Waals surface area contributed by atoms with Gasteiger partial charge in [0.1, 0.15) is 5.75 Å². The summed E-state index contributed by atoms with van der Waals surface area (Å²) in [6.45, 7) is 2.92. The van der Waals surface area contributed by atoms with Crippen LogP contribution in [0.5, 0.6) is 5.75 Å². The monoisotopic (exact) mass is 300 g/mol. The van der Waals surface area contributed by atoms with Gasteiger partial charge in [0, 0.05) is 12.8 Å². The Hall–Kier alpha value is -1.76. The van der Waals surface area contributed by atoms with Crippen molar-refractivity contribution in [2.24, 2.45) is 0 Å². The number of rotatable bonds is 6. The summed E-state index contributed by atoms with van der Waals surface area (Å²) < 4.78 is 27.2. The normalized spacial score (nSPS) is 11.9. The maximum absolute atomic E-state index is 11.6. The van der Waals surface area contributed by atoms with Gasteiger partial charge in [0.2, 0.25) is 0 Å². The lowest BCUT2D eigenvalue weighted by Crippen LogP contribution is -2.45. The molecule has 0 bridgehead atoms. The van der Waals surface area contributed by atoms with Crippen LogP contribution in [0.1, 0.15) is 13.8 Å². The van der Waals surface area contributed by atoms with Crippen molar-refractivity contribution >= 4 is 21.4 Å². The van der Waals surface area contributed by atoms with Gasteiger partial charge in [-0.1, -0.05) is 12.1 Å². The Kier molecular flexibility index (Phi) is 4.99. The van der Waals surface area contributed by atoms with E-state index < -0.39 is 20.5 Å². The second kappa shape index (κ2) is 6.13. The summed E-state index contributed by atoms with van der Waals surface area (Å²) in [5.74, 6) is 0.0231. The predicted molar refractivity (Wildman–Crippen MR) is 78.3 cm³/mol. The van der Waals surface area contributed by atoms with E-state index in [1.54, 1.807) is 38.1 Å². The second-order valence-electron chi connectivity index (χ2n) is 5.14. The number of carbonyl (C=O) groups excluding carboxylic acids is 1. The molecule has 3 N–H and O–H groups in total. The van der Waals surface area contributed by atoms with Gasteiger partial charge in [0.15, 0.2) is 16.4 Å². The molecule has 7 heteroatoms. The Morgan fingerprint density at radius 2 is 1.95 bits per heavy atom. The summed E-state index contributed by atoms with van der Waals surface area (Å²) in [7, 11) is -3.25. The smallest absolute Gasteiger partial charge is 0.257 e. The molecule has 0 aromatic heterocycles. The molecule has 0 unspecified atom stereocenters. The van der Waals surface area contributed by atoms with Gasteiger partial charge in [-0.25, -0.2) is 8.42 Å². The Labute approximate surface area is 119 Å². The molecule has 0 atom stereocenters. The number of amides is 1. The zero-order valence-electron chi connectivity index (χ0n) is 11.8. The number of sulfone groups is 1. The number of hydrogen-bond donors (Lipinski definition) is 2. The van der Waals surface area contributed by atoms with E-state index in [-0.39, 0.29) is 13.2 Å². The summed E-state index contributed by atoms with van der Waals surface area (Å²) in [5.41, 5.74) is 6.11. The van der Waals surface area contributed by atoms with Gasteiger partial charge < -0.3 is 15.8 Å². The van der Waals surface area contributed by atoms with Gasteiger partial charge in [-0.3, -0.25) is 4.79 Å². The molecule has 1 aromatic rings. The fourth-order valence-electron chi connectivity index (χ4n) is 1.25. The third kappa shape index (κ3) is 4.41. The van der Waals surface area contributed by atoms with Gasteiger partial charge in [-0.05, 0) is 26.0 Å². The van der Waals surface area contributed by atoms with Crippen molar-refractivity contribution in [1.29, 1.82) is 0 Å². The first-order chi connectivity index (χ1) is 9.13. The number of nitrogen functional groups attached to an aromatic ring is 1. The highest BCUT2D eigenvalue weighted by atomic mass is 32.2. The highest BCUT2D eigenvalue weighted by molar-refractivity contribution is 7.92. The molecule has 6 nitrogen and oxygen atoms in total. The summed E-state index contributed by atoms with van der Waals surface area (Å²) in [5, 5.41) is 2.54. The number of anilines is 1. The van der Waals surface area contributed by atoms with Crippen LogP contribution in [0.15, 0.2) is 24.3 Å². The van der Waals surface area contributed by atoms with E-state index >= 15 is 0 Å². The molecule has 0 fully saturated rings. The van der Waals surface area contributed by atoms with Crippen LogP contribution in [0.2, 0.25) is 0 Å². The highest BCUT2D eigenvalue weighted by Crippen LogP contribution is 2.19. The molecule has 0 aliphatic carbocycles. The first-order valence-electron chi connectivity index (χ1n) is 6.07. The molecule has 0 saturated heterocycles. The van der Waals surface area contributed by atoms with Crippen molar-refractivity contribution in [3.63, 3.8) is 0 Å². The number of hydrogen-bond acceptors (Lipinski definition) is 5. The van der Waals surface area contributed by atoms with Crippen molar-refractivity contribution in [1.82, 2.24) is 5.32 Å². The first kappa shape index (κ1) is 16.3. The van der Waals surface area contributed by atoms with Crippen molar-refractivity contribution in [3.05, 3.63) is 24.3 Å². The Morgan fingerprint density at radius 1 is 1.35 bits per heavy atom. The number of nitrogens with one attached hydrogen (secondary N) is 1. The molecule has 0 saturated carbocycles. The van der Waals surface area contributed by atoms with Crippen LogP contribution < -0.4 is 15.8 Å². The summed E-state index contributed by atoms with van der Waals surface area (Å²) in [4.78, 5) is 11.6. The lowest BCUT2D eigenvalue weighted by atomic mass is 10.2. The fraction of sp³-hybridized carbons (Fsp3) is 0.462. The minimum absolute atomic E-state index is 0.0261. The molecule has 0 aliphatic heterocycles. The Balaban J connectivity index is 2.48. The van der Waals surface area contributed by atoms with Crippen molar-refractivity contribution in [2.45, 2.75) is 18.6 Å². The van der Waals surface area contributed by atoms with E-state index in [2.05, 4.69) is 5.32 Å². The van der Waals surface area contributed by atoms with E-state index in [1.165, 1.54) is 0 Å². The van der Waals surface area contributed by atoms with Crippen molar-refractivity contribution in [3.8, 4) is 5.75 Å². The third-order valence-electron chi connectivity index (χ3n) is 2.99. The summed E-state index contributed by atoms with van der Waals surface area (Å²) in [6, 6.07) is 6.83. The molecule has 1 rings (SSSR count). The SMILES string of the molecule is CC(C)(CNC(=O)COc1ccccc1N)S(C)(=O)=O. The standard InChI is InChI=1S/C13H20N2O4S/c1-13(2,20(3,17)18)9-15-12(16)8-19-11-7-5-4-6-10(11)14/h4-7H,8-9,14H2,1-3H3,(H,15,16). The lowest BCUT2D eigenvalue weighted by molar-refractivity contribution is -0.123. The average molecular weight is 300 g/mol. The zero-order chi connectivity index (χ0) is 15.4. The van der Waals surface area contributed by atoms with Crippen LogP contribution in [0, 0.1) is 0 Å². The number of ether oxygens (including phenoxy) is 1. The number of carbonyl (C=O) groups is 1. The molecular formula is C13H20N2O4S. The average Bonchev–Trinajstić information content (AvgIpc) is 2.34. The van der Waals surface area contributed by atoms with Crippen LogP contribution in [-0.4, -0.2) is 38.5 Å². The van der Waals surface area contributed by atoms with E-state index in [0.717, 1.165) is 6.26 Å². The quantitative estimate of drug-likeness (QED) is 0.749. The van der Waals surface area contributed by atoms with E-state index in [1.807, 2.05) is 0 Å². The maximum Gasteiger partial charge on any atom is 0.257 e. The largest absolute Gasteiger partial charge is 0.482 e. The van der Waals surface area contributed by atoms with Crippen LogP contribution in [0.25, 0.3) is 0 Å². The second-order valence-corrected chi connectivity index (χ2v) is 7.78. The molecule has 0 heterocycles. The first-order valence-corrected chi connectivity index (χ1v) is 7.96. The van der Waals surface area contributed by atoms with Gasteiger partial charge in [-0.2, -0.15) is 0 Å². The van der Waals surface area contributed by atoms with Crippen LogP contribution in [0.3, 0.4) is 0 Å².